The van der Waals surface area contributed by atoms with Crippen LogP contribution in [-0.4, -0.2) is 21.0 Å². The highest BCUT2D eigenvalue weighted by Gasteiger charge is 2.18. The van der Waals surface area contributed by atoms with E-state index in [4.69, 9.17) is 4.52 Å². The zero-order valence-corrected chi connectivity index (χ0v) is 15.8. The number of para-hydroxylation sites is 1. The van der Waals surface area contributed by atoms with Gasteiger partial charge in [-0.15, -0.1) is 0 Å². The summed E-state index contributed by atoms with van der Waals surface area (Å²) in [5.74, 6) is 0.849. The van der Waals surface area contributed by atoms with Gasteiger partial charge in [-0.25, -0.2) is 0 Å². The first-order chi connectivity index (χ1) is 14.3. The van der Waals surface area contributed by atoms with Crippen LogP contribution in [0.5, 0.6) is 0 Å². The standard InChI is InChI=1S/C23H20N4O2/c28-22(15-14-21-25-23(26-29-21)20-13-7-8-16-24-20)27(19-11-5-2-6-12-19)17-18-9-3-1-4-10-18/h1-13,16H,14-15,17H2. The maximum absolute atomic E-state index is 13.0. The molecule has 0 bridgehead atoms. The van der Waals surface area contributed by atoms with Crippen LogP contribution in [0.15, 0.2) is 89.6 Å². The van der Waals surface area contributed by atoms with Crippen molar-refractivity contribution in [3.63, 3.8) is 0 Å². The summed E-state index contributed by atoms with van der Waals surface area (Å²) in [6, 6.07) is 25.1. The topological polar surface area (TPSA) is 72.1 Å². The Hall–Kier alpha value is -3.80. The maximum atomic E-state index is 13.0. The number of carbonyl (C=O) groups excluding carboxylic acids is 1. The van der Waals surface area contributed by atoms with Gasteiger partial charge in [0.2, 0.25) is 17.6 Å². The highest BCUT2D eigenvalue weighted by atomic mass is 16.5. The smallest absolute Gasteiger partial charge is 0.227 e. The van der Waals surface area contributed by atoms with E-state index in [0.717, 1.165) is 11.3 Å². The number of aromatic nitrogens is 3. The minimum Gasteiger partial charge on any atom is -0.339 e. The number of anilines is 1. The van der Waals surface area contributed by atoms with Gasteiger partial charge in [-0.1, -0.05) is 59.8 Å². The Morgan fingerprint density at radius 1 is 0.897 bits per heavy atom. The number of benzene rings is 2. The number of amides is 1. The molecule has 1 amide bonds. The van der Waals surface area contributed by atoms with Crippen molar-refractivity contribution in [3.8, 4) is 11.5 Å². The van der Waals surface area contributed by atoms with Gasteiger partial charge in [0.15, 0.2) is 0 Å². The van der Waals surface area contributed by atoms with Crippen molar-refractivity contribution in [3.05, 3.63) is 96.5 Å². The second kappa shape index (κ2) is 8.93. The molecule has 0 atom stereocenters. The number of aryl methyl sites for hydroxylation is 1. The Morgan fingerprint density at radius 3 is 2.34 bits per heavy atom. The van der Waals surface area contributed by atoms with E-state index in [1.165, 1.54) is 0 Å². The molecule has 0 saturated carbocycles. The van der Waals surface area contributed by atoms with Crippen LogP contribution in [0.2, 0.25) is 0 Å². The van der Waals surface area contributed by atoms with E-state index in [0.29, 0.717) is 30.4 Å². The second-order valence-corrected chi connectivity index (χ2v) is 6.53. The Balaban J connectivity index is 1.46. The molecule has 2 heterocycles. The molecule has 0 spiro atoms. The van der Waals surface area contributed by atoms with Crippen molar-refractivity contribution in [1.29, 1.82) is 0 Å². The summed E-state index contributed by atoms with van der Waals surface area (Å²) in [6.45, 7) is 0.507. The molecule has 144 valence electrons. The average molecular weight is 384 g/mol. The summed E-state index contributed by atoms with van der Waals surface area (Å²) in [4.78, 5) is 23.4. The molecule has 0 unspecified atom stereocenters. The monoisotopic (exact) mass is 384 g/mol. The highest BCUT2D eigenvalue weighted by Crippen LogP contribution is 2.19. The Bertz CT molecular complexity index is 1050. The zero-order valence-electron chi connectivity index (χ0n) is 15.8. The van der Waals surface area contributed by atoms with Crippen LogP contribution in [0.1, 0.15) is 17.9 Å². The second-order valence-electron chi connectivity index (χ2n) is 6.53. The lowest BCUT2D eigenvalue weighted by atomic mass is 10.1. The van der Waals surface area contributed by atoms with E-state index in [9.17, 15) is 4.79 Å². The Labute approximate surface area is 168 Å². The molecular formula is C23H20N4O2. The molecule has 0 aliphatic rings. The molecule has 2 aromatic heterocycles. The van der Waals surface area contributed by atoms with Gasteiger partial charge in [-0.3, -0.25) is 9.78 Å². The van der Waals surface area contributed by atoms with E-state index in [1.54, 1.807) is 11.1 Å². The maximum Gasteiger partial charge on any atom is 0.227 e. The van der Waals surface area contributed by atoms with Crippen LogP contribution in [0.25, 0.3) is 11.5 Å². The number of pyridine rings is 1. The first kappa shape index (κ1) is 18.6. The quantitative estimate of drug-likeness (QED) is 0.475. The van der Waals surface area contributed by atoms with E-state index < -0.39 is 0 Å². The van der Waals surface area contributed by atoms with E-state index >= 15 is 0 Å². The molecule has 4 aromatic rings. The van der Waals surface area contributed by atoms with Crippen LogP contribution < -0.4 is 4.90 Å². The lowest BCUT2D eigenvalue weighted by Gasteiger charge is -2.23. The van der Waals surface area contributed by atoms with Gasteiger partial charge < -0.3 is 9.42 Å². The summed E-state index contributed by atoms with van der Waals surface area (Å²) in [7, 11) is 0. The summed E-state index contributed by atoms with van der Waals surface area (Å²) in [5.41, 5.74) is 2.57. The molecule has 0 aliphatic carbocycles. The molecule has 6 heteroatoms. The predicted molar refractivity (Wildman–Crippen MR) is 110 cm³/mol. The molecule has 2 aromatic carbocycles. The fraction of sp³-hybridized carbons (Fsp3) is 0.130. The molecule has 29 heavy (non-hydrogen) atoms. The third-order valence-corrected chi connectivity index (χ3v) is 4.47. The first-order valence-electron chi connectivity index (χ1n) is 9.43. The van der Waals surface area contributed by atoms with E-state index in [2.05, 4.69) is 15.1 Å². The van der Waals surface area contributed by atoms with Gasteiger partial charge in [-0.05, 0) is 29.8 Å². The van der Waals surface area contributed by atoms with Crippen molar-refractivity contribution < 1.29 is 9.32 Å². The van der Waals surface area contributed by atoms with Gasteiger partial charge in [0, 0.05) is 24.7 Å². The van der Waals surface area contributed by atoms with E-state index in [1.807, 2.05) is 78.9 Å². The highest BCUT2D eigenvalue weighted by molar-refractivity contribution is 5.93. The molecular weight excluding hydrogens is 364 g/mol. The van der Waals surface area contributed by atoms with Crippen molar-refractivity contribution in [2.75, 3.05) is 4.90 Å². The Morgan fingerprint density at radius 2 is 1.62 bits per heavy atom. The molecule has 0 saturated heterocycles. The summed E-state index contributed by atoms with van der Waals surface area (Å²) >= 11 is 0. The molecule has 0 aliphatic heterocycles. The molecule has 4 rings (SSSR count). The SMILES string of the molecule is O=C(CCc1nc(-c2ccccn2)no1)N(Cc1ccccc1)c1ccccc1. The minimum atomic E-state index is -0.00219. The molecule has 0 fully saturated rings. The largest absolute Gasteiger partial charge is 0.339 e. The van der Waals surface area contributed by atoms with Gasteiger partial charge in [0.05, 0.1) is 6.54 Å². The summed E-state index contributed by atoms with van der Waals surface area (Å²) in [5, 5.41) is 3.96. The molecule has 6 nitrogen and oxygen atoms in total. The number of nitrogens with zero attached hydrogens (tertiary/aromatic N) is 4. The van der Waals surface area contributed by atoms with Crippen LogP contribution in [0.4, 0.5) is 5.69 Å². The van der Waals surface area contributed by atoms with Crippen molar-refractivity contribution in [2.45, 2.75) is 19.4 Å². The third-order valence-electron chi connectivity index (χ3n) is 4.47. The van der Waals surface area contributed by atoms with Gasteiger partial charge >= 0.3 is 0 Å². The zero-order chi connectivity index (χ0) is 19.9. The summed E-state index contributed by atoms with van der Waals surface area (Å²) < 4.78 is 5.30. The molecule has 0 N–H and O–H groups in total. The van der Waals surface area contributed by atoms with Gasteiger partial charge in [-0.2, -0.15) is 4.98 Å². The van der Waals surface area contributed by atoms with Gasteiger partial charge in [0.25, 0.3) is 0 Å². The first-order valence-corrected chi connectivity index (χ1v) is 9.43. The molecule has 0 radical (unpaired) electrons. The van der Waals surface area contributed by atoms with Crippen LogP contribution >= 0.6 is 0 Å². The van der Waals surface area contributed by atoms with E-state index in [-0.39, 0.29) is 12.3 Å². The number of hydrogen-bond acceptors (Lipinski definition) is 5. The third kappa shape index (κ3) is 4.73. The number of rotatable bonds is 7. The lowest BCUT2D eigenvalue weighted by molar-refractivity contribution is -0.118. The van der Waals surface area contributed by atoms with Crippen molar-refractivity contribution >= 4 is 11.6 Å². The minimum absolute atomic E-state index is 0.00219. The van der Waals surface area contributed by atoms with Crippen LogP contribution in [0, 0.1) is 0 Å². The van der Waals surface area contributed by atoms with Crippen molar-refractivity contribution in [2.24, 2.45) is 0 Å². The number of hydrogen-bond donors (Lipinski definition) is 0. The average Bonchev–Trinajstić information content (AvgIpc) is 3.27. The van der Waals surface area contributed by atoms with Gasteiger partial charge in [0.1, 0.15) is 5.69 Å². The normalized spacial score (nSPS) is 10.6. The Kier molecular flexibility index (Phi) is 5.71. The predicted octanol–water partition coefficient (Wildman–Crippen LogP) is 4.30. The number of carbonyl (C=O) groups is 1. The van der Waals surface area contributed by atoms with Crippen LogP contribution in [0.3, 0.4) is 0 Å². The fourth-order valence-electron chi connectivity index (χ4n) is 3.00. The lowest BCUT2D eigenvalue weighted by Crippen LogP contribution is -2.30. The van der Waals surface area contributed by atoms with Crippen LogP contribution in [-0.2, 0) is 17.8 Å². The fourth-order valence-corrected chi connectivity index (χ4v) is 3.00. The van der Waals surface area contributed by atoms with Crippen molar-refractivity contribution in [1.82, 2.24) is 15.1 Å². The summed E-state index contributed by atoms with van der Waals surface area (Å²) in [6.07, 6.45) is 2.32.